The summed E-state index contributed by atoms with van der Waals surface area (Å²) < 4.78 is 5.25. The van der Waals surface area contributed by atoms with E-state index in [-0.39, 0.29) is 11.2 Å². The summed E-state index contributed by atoms with van der Waals surface area (Å²) in [5, 5.41) is 6.35. The van der Waals surface area contributed by atoms with E-state index < -0.39 is 0 Å². The molecule has 0 aliphatic rings. The Morgan fingerprint density at radius 2 is 1.78 bits per heavy atom. The quantitative estimate of drug-likeness (QED) is 0.514. The van der Waals surface area contributed by atoms with E-state index in [9.17, 15) is 9.59 Å². The van der Waals surface area contributed by atoms with Crippen molar-refractivity contribution < 1.29 is 0 Å². The summed E-state index contributed by atoms with van der Waals surface area (Å²) in [6.07, 6.45) is 2.83. The Morgan fingerprint density at radius 1 is 1.04 bits per heavy atom. The molecule has 0 saturated carbocycles. The minimum absolute atomic E-state index is 0.0975. The van der Waals surface area contributed by atoms with Crippen LogP contribution in [0.1, 0.15) is 37.8 Å². The second kappa shape index (κ2) is 7.15. The molecule has 0 N–H and O–H groups in total. The maximum absolute atomic E-state index is 13.1. The average molecular weight is 382 g/mol. The van der Waals surface area contributed by atoms with Crippen LogP contribution in [-0.2, 0) is 19.5 Å². The van der Waals surface area contributed by atoms with Crippen molar-refractivity contribution in [1.29, 1.82) is 0 Å². The molecule has 6 nitrogen and oxygen atoms in total. The molecule has 0 atom stereocenters. The highest BCUT2D eigenvalue weighted by molar-refractivity contribution is 7.17. The molecule has 27 heavy (non-hydrogen) atoms. The first-order valence-electron chi connectivity index (χ1n) is 9.31. The molecule has 3 heterocycles. The highest BCUT2D eigenvalue weighted by Gasteiger charge is 2.18. The molecule has 0 bridgehead atoms. The largest absolute Gasteiger partial charge is 0.352 e. The maximum Gasteiger partial charge on any atom is 0.352 e. The summed E-state index contributed by atoms with van der Waals surface area (Å²) in [7, 11) is 0. The fourth-order valence-electron chi connectivity index (χ4n) is 3.29. The number of thiophene rings is 1. The molecule has 0 amide bonds. The monoisotopic (exact) mass is 382 g/mol. The molecule has 0 aliphatic heterocycles. The smallest absolute Gasteiger partial charge is 0.271 e. The molecule has 3 aromatic heterocycles. The van der Waals surface area contributed by atoms with Crippen LogP contribution >= 0.6 is 11.3 Å². The van der Waals surface area contributed by atoms with E-state index in [1.165, 1.54) is 21.6 Å². The second-order valence-electron chi connectivity index (χ2n) is 6.69. The Balaban J connectivity index is 1.92. The zero-order valence-corrected chi connectivity index (χ0v) is 16.3. The normalized spacial score (nSPS) is 11.6. The van der Waals surface area contributed by atoms with Crippen LogP contribution in [0.25, 0.3) is 16.0 Å². The molecular formula is C20H22N4O2S. The van der Waals surface area contributed by atoms with Crippen LogP contribution in [0.2, 0.25) is 0 Å². The topological polar surface area (TPSA) is 61.3 Å². The van der Waals surface area contributed by atoms with Crippen molar-refractivity contribution in [2.75, 3.05) is 0 Å². The van der Waals surface area contributed by atoms with Crippen LogP contribution in [0.4, 0.5) is 0 Å². The lowest BCUT2D eigenvalue weighted by atomic mass is 10.1. The summed E-state index contributed by atoms with van der Waals surface area (Å²) >= 11 is 1.37. The number of hydrogen-bond acceptors (Lipinski definition) is 4. The van der Waals surface area contributed by atoms with Crippen LogP contribution in [-0.4, -0.2) is 18.7 Å². The van der Waals surface area contributed by atoms with Gasteiger partial charge in [0.15, 0.2) is 0 Å². The first kappa shape index (κ1) is 17.7. The number of nitrogens with zero attached hydrogens (tertiary/aromatic N) is 4. The van der Waals surface area contributed by atoms with Gasteiger partial charge in [0.05, 0.1) is 12.1 Å². The van der Waals surface area contributed by atoms with E-state index in [1.54, 1.807) is 8.97 Å². The maximum atomic E-state index is 13.1. The van der Waals surface area contributed by atoms with E-state index in [1.807, 2.05) is 23.6 Å². The molecule has 140 valence electrons. The number of hydrogen-bond donors (Lipinski definition) is 0. The predicted octanol–water partition coefficient (Wildman–Crippen LogP) is 3.28. The van der Waals surface area contributed by atoms with Gasteiger partial charge in [0.25, 0.3) is 5.56 Å². The first-order chi connectivity index (χ1) is 13.1. The third-order valence-corrected chi connectivity index (χ3v) is 5.78. The van der Waals surface area contributed by atoms with Gasteiger partial charge in [-0.15, -0.1) is 16.4 Å². The average Bonchev–Trinajstić information content (AvgIpc) is 3.29. The number of aryl methyl sites for hydroxylation is 2. The van der Waals surface area contributed by atoms with Crippen molar-refractivity contribution in [2.24, 2.45) is 0 Å². The molecule has 4 rings (SSSR count). The van der Waals surface area contributed by atoms with Gasteiger partial charge in [-0.1, -0.05) is 44.5 Å². The van der Waals surface area contributed by atoms with E-state index in [0.717, 1.165) is 24.8 Å². The molecule has 0 radical (unpaired) electrons. The van der Waals surface area contributed by atoms with Gasteiger partial charge in [-0.25, -0.2) is 13.9 Å². The Labute approximate surface area is 160 Å². The lowest BCUT2D eigenvalue weighted by Crippen LogP contribution is -2.26. The first-order valence-corrected chi connectivity index (χ1v) is 10.2. The minimum atomic E-state index is -0.183. The van der Waals surface area contributed by atoms with Gasteiger partial charge in [-0.2, -0.15) is 0 Å². The molecule has 1 aromatic carbocycles. The van der Waals surface area contributed by atoms with E-state index in [2.05, 4.69) is 31.1 Å². The molecule has 4 aromatic rings. The third kappa shape index (κ3) is 3.02. The number of fused-ring (bicyclic) bond motifs is 3. The Morgan fingerprint density at radius 3 is 2.48 bits per heavy atom. The lowest BCUT2D eigenvalue weighted by Gasteiger charge is -2.08. The number of unbranched alkanes of at least 4 members (excludes halogenated alkanes) is 1. The summed E-state index contributed by atoms with van der Waals surface area (Å²) in [6, 6.07) is 10.0. The molecular weight excluding hydrogens is 360 g/mol. The van der Waals surface area contributed by atoms with E-state index in [0.29, 0.717) is 29.1 Å². The Kier molecular flexibility index (Phi) is 4.70. The van der Waals surface area contributed by atoms with Gasteiger partial charge < -0.3 is 0 Å². The van der Waals surface area contributed by atoms with Crippen LogP contribution in [0, 0.1) is 0 Å². The zero-order valence-electron chi connectivity index (χ0n) is 15.5. The predicted molar refractivity (Wildman–Crippen MR) is 109 cm³/mol. The van der Waals surface area contributed by atoms with Crippen LogP contribution in [0.15, 0.2) is 45.3 Å². The molecule has 0 spiro atoms. The van der Waals surface area contributed by atoms with Crippen molar-refractivity contribution in [3.63, 3.8) is 0 Å². The van der Waals surface area contributed by atoms with Crippen LogP contribution in [0.5, 0.6) is 0 Å². The van der Waals surface area contributed by atoms with E-state index >= 15 is 0 Å². The van der Waals surface area contributed by atoms with E-state index in [4.69, 9.17) is 0 Å². The fourth-order valence-corrected chi connectivity index (χ4v) is 4.12. The number of benzene rings is 1. The lowest BCUT2D eigenvalue weighted by molar-refractivity contribution is 0.553. The molecule has 0 saturated heterocycles. The van der Waals surface area contributed by atoms with Crippen LogP contribution < -0.4 is 11.2 Å². The molecule has 7 heteroatoms. The molecule has 0 unspecified atom stereocenters. The van der Waals surface area contributed by atoms with Crippen molar-refractivity contribution in [2.45, 2.75) is 46.2 Å². The SMILES string of the molecule is CCCCn1nc2n(Cc3ccc(CC)cc3)c(=O)c3sccc3n2c1=O. The van der Waals surface area contributed by atoms with Crippen molar-refractivity contribution in [3.8, 4) is 0 Å². The Hall–Kier alpha value is -2.67. The zero-order chi connectivity index (χ0) is 19.0. The summed E-state index contributed by atoms with van der Waals surface area (Å²) in [6.45, 7) is 5.14. The molecule has 0 aliphatic carbocycles. The van der Waals surface area contributed by atoms with Gasteiger partial charge in [-0.05, 0) is 35.4 Å². The van der Waals surface area contributed by atoms with Gasteiger partial charge in [0.2, 0.25) is 5.78 Å². The summed E-state index contributed by atoms with van der Waals surface area (Å²) in [5.74, 6) is 0.409. The number of rotatable bonds is 6. The van der Waals surface area contributed by atoms with Crippen molar-refractivity contribution in [3.05, 3.63) is 67.7 Å². The Bertz CT molecular complexity index is 1210. The van der Waals surface area contributed by atoms with Gasteiger partial charge >= 0.3 is 5.69 Å². The van der Waals surface area contributed by atoms with Crippen molar-refractivity contribution >= 4 is 27.3 Å². The highest BCUT2D eigenvalue weighted by atomic mass is 32.1. The molecule has 0 fully saturated rings. The number of aromatic nitrogens is 4. The van der Waals surface area contributed by atoms with Gasteiger partial charge in [-0.3, -0.25) is 9.36 Å². The van der Waals surface area contributed by atoms with Gasteiger partial charge in [0, 0.05) is 6.54 Å². The summed E-state index contributed by atoms with van der Waals surface area (Å²) in [4.78, 5) is 26.0. The second-order valence-corrected chi connectivity index (χ2v) is 7.61. The highest BCUT2D eigenvalue weighted by Crippen LogP contribution is 2.18. The van der Waals surface area contributed by atoms with Gasteiger partial charge in [0.1, 0.15) is 4.70 Å². The summed E-state index contributed by atoms with van der Waals surface area (Å²) in [5.41, 5.74) is 2.63. The fraction of sp³-hybridized carbons (Fsp3) is 0.350. The van der Waals surface area contributed by atoms with Crippen LogP contribution in [0.3, 0.4) is 0 Å². The standard InChI is InChI=1S/C20H22N4O2S/c1-3-5-11-23-20(26)24-16-10-12-27-17(16)18(25)22(19(24)21-23)13-15-8-6-14(4-2)7-9-15/h6-10,12H,3-5,11,13H2,1-2H3. The third-order valence-electron chi connectivity index (χ3n) is 4.88. The van der Waals surface area contributed by atoms with Crippen molar-refractivity contribution in [1.82, 2.24) is 18.7 Å². The minimum Gasteiger partial charge on any atom is -0.271 e.